The van der Waals surface area contributed by atoms with Crippen LogP contribution in [0.15, 0.2) is 72.4 Å². The van der Waals surface area contributed by atoms with Crippen LogP contribution in [-0.4, -0.2) is 38.4 Å². The fourth-order valence-corrected chi connectivity index (χ4v) is 3.69. The van der Waals surface area contributed by atoms with Crippen LogP contribution in [0.5, 0.6) is 0 Å². The Hall–Kier alpha value is -2.57. The van der Waals surface area contributed by atoms with E-state index in [1.807, 2.05) is 59.2 Å². The average Bonchev–Trinajstić information content (AvgIpc) is 3.11. The van der Waals surface area contributed by atoms with Gasteiger partial charge in [-0.3, -0.25) is 9.36 Å². The number of allylic oxidation sites excluding steroid dienone is 1. The van der Waals surface area contributed by atoms with Crippen LogP contribution in [0, 0.1) is 0 Å². The lowest BCUT2D eigenvalue weighted by Crippen LogP contribution is -2.27. The summed E-state index contributed by atoms with van der Waals surface area (Å²) in [5.74, 6) is 1.08. The van der Waals surface area contributed by atoms with E-state index in [1.165, 1.54) is 11.8 Å². The fourth-order valence-electron chi connectivity index (χ4n) is 2.68. The predicted molar refractivity (Wildman–Crippen MR) is 114 cm³/mol. The monoisotopic (exact) mass is 412 g/mol. The van der Waals surface area contributed by atoms with Gasteiger partial charge in [0.15, 0.2) is 11.0 Å². The van der Waals surface area contributed by atoms with Crippen molar-refractivity contribution in [1.29, 1.82) is 0 Å². The summed E-state index contributed by atoms with van der Waals surface area (Å²) in [7, 11) is 1.79. The molecule has 28 heavy (non-hydrogen) atoms. The fraction of sp³-hybridized carbons (Fsp3) is 0.190. The maximum Gasteiger partial charge on any atom is 0.233 e. The van der Waals surface area contributed by atoms with Gasteiger partial charge < -0.3 is 4.90 Å². The van der Waals surface area contributed by atoms with E-state index in [0.29, 0.717) is 23.3 Å². The lowest BCUT2D eigenvalue weighted by molar-refractivity contribution is -0.127. The molecule has 0 saturated heterocycles. The van der Waals surface area contributed by atoms with Crippen LogP contribution in [0.4, 0.5) is 0 Å². The van der Waals surface area contributed by atoms with Crippen molar-refractivity contribution >= 4 is 29.3 Å². The van der Waals surface area contributed by atoms with Crippen LogP contribution in [0.25, 0.3) is 11.4 Å². The van der Waals surface area contributed by atoms with E-state index >= 15 is 0 Å². The first-order valence-electron chi connectivity index (χ1n) is 8.79. The molecule has 7 heteroatoms. The molecule has 0 saturated carbocycles. The number of aromatic nitrogens is 3. The van der Waals surface area contributed by atoms with Gasteiger partial charge in [0, 0.05) is 30.7 Å². The largest absolute Gasteiger partial charge is 0.341 e. The molecule has 1 heterocycles. The Morgan fingerprint density at radius 2 is 1.89 bits per heavy atom. The van der Waals surface area contributed by atoms with Gasteiger partial charge in [-0.25, -0.2) is 0 Å². The Labute approximate surface area is 174 Å². The summed E-state index contributed by atoms with van der Waals surface area (Å²) >= 11 is 7.29. The van der Waals surface area contributed by atoms with E-state index in [1.54, 1.807) is 18.0 Å². The van der Waals surface area contributed by atoms with Crippen molar-refractivity contribution in [3.05, 3.63) is 77.8 Å². The molecule has 0 spiro atoms. The number of nitrogens with zero attached hydrogens (tertiary/aromatic N) is 4. The number of hydrogen-bond acceptors (Lipinski definition) is 4. The Kier molecular flexibility index (Phi) is 6.90. The molecule has 1 amide bonds. The third kappa shape index (κ3) is 5.03. The van der Waals surface area contributed by atoms with Gasteiger partial charge in [0.2, 0.25) is 5.91 Å². The highest BCUT2D eigenvalue weighted by molar-refractivity contribution is 7.99. The van der Waals surface area contributed by atoms with E-state index < -0.39 is 0 Å². The molecule has 1 aromatic heterocycles. The standard InChI is InChI=1S/C21H21ClN4OS/c1-3-13-26-20(17-7-5-4-6-8-17)23-24-21(26)28-15-19(27)25(2)14-16-9-11-18(22)12-10-16/h3-12H,1,13-15H2,2H3. The highest BCUT2D eigenvalue weighted by Gasteiger charge is 2.16. The summed E-state index contributed by atoms with van der Waals surface area (Å²) in [4.78, 5) is 14.2. The van der Waals surface area contributed by atoms with E-state index in [2.05, 4.69) is 16.8 Å². The summed E-state index contributed by atoms with van der Waals surface area (Å²) < 4.78 is 1.97. The zero-order valence-corrected chi connectivity index (χ0v) is 17.2. The van der Waals surface area contributed by atoms with Crippen molar-refractivity contribution in [1.82, 2.24) is 19.7 Å². The summed E-state index contributed by atoms with van der Waals surface area (Å²) in [6.45, 7) is 4.93. The minimum atomic E-state index is 0.0226. The SMILES string of the molecule is C=CCn1c(SCC(=O)N(C)Cc2ccc(Cl)cc2)nnc1-c1ccccc1. The van der Waals surface area contributed by atoms with Crippen LogP contribution in [0.3, 0.4) is 0 Å². The molecule has 3 aromatic rings. The van der Waals surface area contributed by atoms with Crippen LogP contribution in [0.2, 0.25) is 5.02 Å². The molecular weight excluding hydrogens is 392 g/mol. The summed E-state index contributed by atoms with van der Waals surface area (Å²) in [5, 5.41) is 9.97. The first-order chi connectivity index (χ1) is 13.6. The number of rotatable bonds is 8. The van der Waals surface area contributed by atoms with E-state index in [0.717, 1.165) is 17.0 Å². The number of hydrogen-bond donors (Lipinski definition) is 0. The molecular formula is C21H21ClN4OS. The third-order valence-corrected chi connectivity index (χ3v) is 5.35. The molecule has 0 radical (unpaired) electrons. The predicted octanol–water partition coefficient (Wildman–Crippen LogP) is 4.54. The summed E-state index contributed by atoms with van der Waals surface area (Å²) in [6, 6.07) is 17.4. The van der Waals surface area contributed by atoms with Crippen LogP contribution < -0.4 is 0 Å². The maximum absolute atomic E-state index is 12.5. The summed E-state index contributed by atoms with van der Waals surface area (Å²) in [6.07, 6.45) is 1.80. The number of halogens is 1. The number of benzene rings is 2. The lowest BCUT2D eigenvalue weighted by Gasteiger charge is -2.17. The van der Waals surface area contributed by atoms with Crippen molar-refractivity contribution in [2.75, 3.05) is 12.8 Å². The molecule has 0 aliphatic rings. The van der Waals surface area contributed by atoms with Gasteiger partial charge in [-0.2, -0.15) is 0 Å². The van der Waals surface area contributed by atoms with Crippen LogP contribution in [0.1, 0.15) is 5.56 Å². The van der Waals surface area contributed by atoms with E-state index in [9.17, 15) is 4.79 Å². The van der Waals surface area contributed by atoms with Crippen molar-refractivity contribution < 1.29 is 4.79 Å². The molecule has 0 aliphatic heterocycles. The maximum atomic E-state index is 12.5. The van der Waals surface area contributed by atoms with E-state index in [4.69, 9.17) is 11.6 Å². The van der Waals surface area contributed by atoms with Crippen molar-refractivity contribution in [2.45, 2.75) is 18.2 Å². The quantitative estimate of drug-likeness (QED) is 0.402. The average molecular weight is 413 g/mol. The van der Waals surface area contributed by atoms with Gasteiger partial charge >= 0.3 is 0 Å². The molecule has 144 valence electrons. The molecule has 0 atom stereocenters. The van der Waals surface area contributed by atoms with Gasteiger partial charge in [0.05, 0.1) is 5.75 Å². The lowest BCUT2D eigenvalue weighted by atomic mass is 10.2. The molecule has 0 N–H and O–H groups in total. The smallest absolute Gasteiger partial charge is 0.233 e. The first-order valence-corrected chi connectivity index (χ1v) is 10.2. The minimum Gasteiger partial charge on any atom is -0.341 e. The zero-order chi connectivity index (χ0) is 19.9. The highest BCUT2D eigenvalue weighted by Crippen LogP contribution is 2.24. The molecule has 5 nitrogen and oxygen atoms in total. The minimum absolute atomic E-state index is 0.0226. The highest BCUT2D eigenvalue weighted by atomic mass is 35.5. The molecule has 2 aromatic carbocycles. The number of amides is 1. The third-order valence-electron chi connectivity index (χ3n) is 4.14. The van der Waals surface area contributed by atoms with Gasteiger partial charge in [0.25, 0.3) is 0 Å². The topological polar surface area (TPSA) is 51.0 Å². The van der Waals surface area contributed by atoms with Crippen LogP contribution >= 0.6 is 23.4 Å². The molecule has 0 fully saturated rings. The summed E-state index contributed by atoms with van der Waals surface area (Å²) in [5.41, 5.74) is 2.02. The number of thioether (sulfide) groups is 1. The Bertz CT molecular complexity index is 941. The normalized spacial score (nSPS) is 10.6. The Balaban J connectivity index is 1.66. The second-order valence-corrected chi connectivity index (χ2v) is 7.62. The van der Waals surface area contributed by atoms with Gasteiger partial charge in [-0.05, 0) is 17.7 Å². The van der Waals surface area contributed by atoms with Crippen molar-refractivity contribution in [2.24, 2.45) is 0 Å². The second kappa shape index (κ2) is 9.57. The molecule has 0 unspecified atom stereocenters. The number of carbonyl (C=O) groups excluding carboxylic acids is 1. The first kappa shape index (κ1) is 20.2. The van der Waals surface area contributed by atoms with Crippen molar-refractivity contribution in [3.8, 4) is 11.4 Å². The van der Waals surface area contributed by atoms with Gasteiger partial charge in [-0.1, -0.05) is 71.9 Å². The zero-order valence-electron chi connectivity index (χ0n) is 15.6. The molecule has 0 aliphatic carbocycles. The second-order valence-electron chi connectivity index (χ2n) is 6.24. The Morgan fingerprint density at radius 1 is 1.18 bits per heavy atom. The van der Waals surface area contributed by atoms with Gasteiger partial charge in [0.1, 0.15) is 0 Å². The Morgan fingerprint density at radius 3 is 2.57 bits per heavy atom. The number of carbonyl (C=O) groups is 1. The van der Waals surface area contributed by atoms with Crippen molar-refractivity contribution in [3.63, 3.8) is 0 Å². The van der Waals surface area contributed by atoms with E-state index in [-0.39, 0.29) is 11.7 Å². The van der Waals surface area contributed by atoms with Gasteiger partial charge in [-0.15, -0.1) is 16.8 Å². The van der Waals surface area contributed by atoms with Crippen LogP contribution in [-0.2, 0) is 17.9 Å². The molecule has 0 bridgehead atoms. The molecule has 3 rings (SSSR count).